The quantitative estimate of drug-likeness (QED) is 0.181. The van der Waals surface area contributed by atoms with Crippen molar-refractivity contribution < 1.29 is 36.9 Å². The molecule has 1 fully saturated rings. The van der Waals surface area contributed by atoms with E-state index in [9.17, 15) is 42.5 Å². The van der Waals surface area contributed by atoms with E-state index in [1.54, 1.807) is 12.1 Å². The van der Waals surface area contributed by atoms with Crippen molar-refractivity contribution in [2.75, 3.05) is 10.2 Å². The zero-order valence-corrected chi connectivity index (χ0v) is 23.1. The monoisotopic (exact) mass is 630 g/mol. The standard InChI is InChI=1S/C27H17F3N4O7S2/c28-27(29,30)15-4-1-2-5-16(15)31-18(35)12-32-25-22(43-26(32)38)19(17-6-3-11-41-17)20-21(42-25)24(37)33(23(20)36)13-7-9-14(10-8-13)34(39)40/h1-11,19-21H,12H2,(H,31,35)/t19-,20?,21?/m1/s1. The number of amides is 3. The van der Waals surface area contributed by atoms with Crippen LogP contribution >= 0.6 is 23.1 Å². The van der Waals surface area contributed by atoms with Gasteiger partial charge in [0.05, 0.1) is 49.9 Å². The minimum absolute atomic E-state index is 0.122. The Labute approximate surface area is 247 Å². The Balaban J connectivity index is 1.36. The second-order valence-corrected chi connectivity index (χ2v) is 11.7. The molecule has 1 saturated heterocycles. The molecule has 0 spiro atoms. The number of fused-ring (bicyclic) bond motifs is 2. The summed E-state index contributed by atoms with van der Waals surface area (Å²) in [6.45, 7) is -0.652. The molecule has 220 valence electrons. The van der Waals surface area contributed by atoms with Gasteiger partial charge in [0.1, 0.15) is 17.6 Å². The van der Waals surface area contributed by atoms with Gasteiger partial charge in [-0.3, -0.25) is 33.9 Å². The molecule has 0 saturated carbocycles. The number of aromatic nitrogens is 1. The largest absolute Gasteiger partial charge is 0.469 e. The van der Waals surface area contributed by atoms with Crippen LogP contribution in [0.4, 0.5) is 30.2 Å². The Morgan fingerprint density at radius 1 is 1.02 bits per heavy atom. The fourth-order valence-electron chi connectivity index (χ4n) is 5.18. The first-order valence-corrected chi connectivity index (χ1v) is 14.2. The fraction of sp³-hybridized carbons (Fsp3) is 0.185. The summed E-state index contributed by atoms with van der Waals surface area (Å²) in [6, 6.07) is 12.5. The highest BCUT2D eigenvalue weighted by Crippen LogP contribution is 2.54. The first-order valence-electron chi connectivity index (χ1n) is 12.5. The number of nitro groups is 1. The number of nitro benzene ring substituents is 1. The molecule has 16 heteroatoms. The number of nitrogens with zero attached hydrogens (tertiary/aromatic N) is 3. The van der Waals surface area contributed by atoms with E-state index in [2.05, 4.69) is 5.32 Å². The van der Waals surface area contributed by atoms with Crippen molar-refractivity contribution in [3.05, 3.63) is 103 Å². The number of nitrogens with one attached hydrogen (secondary N) is 1. The third kappa shape index (κ3) is 4.91. The highest BCUT2D eigenvalue weighted by atomic mass is 32.2. The van der Waals surface area contributed by atoms with Gasteiger partial charge in [-0.2, -0.15) is 13.2 Å². The SMILES string of the molecule is O=C(Cn1c2c(sc1=O)[C@H](c1ccco1)C1C(=O)N(c3ccc([N+](=O)[O-])cc3)C(=O)C1S2)Nc1ccccc1C(F)(F)F. The van der Waals surface area contributed by atoms with Crippen LogP contribution in [0.15, 0.2) is 81.2 Å². The molecule has 2 aliphatic heterocycles. The Kier molecular flexibility index (Phi) is 6.96. The van der Waals surface area contributed by atoms with Crippen molar-refractivity contribution in [2.24, 2.45) is 5.92 Å². The number of alkyl halides is 3. The van der Waals surface area contributed by atoms with E-state index in [1.165, 1.54) is 42.7 Å². The number of imide groups is 1. The summed E-state index contributed by atoms with van der Waals surface area (Å²) in [4.78, 5) is 64.6. The maximum atomic E-state index is 13.8. The minimum Gasteiger partial charge on any atom is -0.469 e. The van der Waals surface area contributed by atoms with Gasteiger partial charge in [-0.15, -0.1) is 0 Å². The van der Waals surface area contributed by atoms with Crippen LogP contribution < -0.4 is 15.1 Å². The topological polar surface area (TPSA) is 145 Å². The van der Waals surface area contributed by atoms with Gasteiger partial charge < -0.3 is 9.73 Å². The molecular weight excluding hydrogens is 613 g/mol. The van der Waals surface area contributed by atoms with Crippen LogP contribution in [-0.2, 0) is 27.1 Å². The number of para-hydroxylation sites is 1. The molecule has 3 amide bonds. The van der Waals surface area contributed by atoms with E-state index in [0.29, 0.717) is 10.6 Å². The number of thiazole rings is 1. The third-order valence-electron chi connectivity index (χ3n) is 7.03. The lowest BCUT2D eigenvalue weighted by atomic mass is 9.87. The maximum Gasteiger partial charge on any atom is 0.418 e. The molecule has 43 heavy (non-hydrogen) atoms. The molecule has 2 aromatic carbocycles. The van der Waals surface area contributed by atoms with Crippen molar-refractivity contribution in [1.29, 1.82) is 0 Å². The molecule has 0 radical (unpaired) electrons. The lowest BCUT2D eigenvalue weighted by molar-refractivity contribution is -0.384. The van der Waals surface area contributed by atoms with Gasteiger partial charge in [-0.1, -0.05) is 35.2 Å². The van der Waals surface area contributed by atoms with Crippen LogP contribution in [0, 0.1) is 16.0 Å². The number of carbonyl (C=O) groups is 3. The van der Waals surface area contributed by atoms with E-state index in [0.717, 1.165) is 44.7 Å². The number of benzene rings is 2. The Morgan fingerprint density at radius 2 is 1.74 bits per heavy atom. The summed E-state index contributed by atoms with van der Waals surface area (Å²) in [5.74, 6) is -3.74. The molecule has 0 aliphatic carbocycles. The second-order valence-electron chi connectivity index (χ2n) is 9.56. The average molecular weight is 631 g/mol. The zero-order chi connectivity index (χ0) is 30.6. The summed E-state index contributed by atoms with van der Waals surface area (Å²) >= 11 is 1.64. The number of furan rings is 1. The summed E-state index contributed by atoms with van der Waals surface area (Å²) in [5, 5.41) is 12.4. The molecule has 11 nitrogen and oxygen atoms in total. The number of non-ortho nitro benzene ring substituents is 1. The van der Waals surface area contributed by atoms with E-state index < -0.39 is 68.6 Å². The van der Waals surface area contributed by atoms with Crippen LogP contribution in [0.2, 0.25) is 0 Å². The predicted octanol–water partition coefficient (Wildman–Crippen LogP) is 4.86. The highest BCUT2D eigenvalue weighted by molar-refractivity contribution is 8.00. The normalized spacial score (nSPS) is 19.7. The first kappa shape index (κ1) is 28.4. The summed E-state index contributed by atoms with van der Waals surface area (Å²) < 4.78 is 47.0. The molecule has 0 bridgehead atoms. The van der Waals surface area contributed by atoms with E-state index in [1.807, 2.05) is 0 Å². The smallest absolute Gasteiger partial charge is 0.418 e. The summed E-state index contributed by atoms with van der Waals surface area (Å²) in [5.41, 5.74) is -1.64. The molecule has 3 atom stereocenters. The Hall–Kier alpha value is -4.70. The molecular formula is C27H17F3N4O7S2. The molecule has 1 N–H and O–H groups in total. The lowest BCUT2D eigenvalue weighted by Crippen LogP contribution is -2.32. The molecule has 4 heterocycles. The molecule has 4 aromatic rings. The first-order chi connectivity index (χ1) is 20.5. The Bertz CT molecular complexity index is 1830. The van der Waals surface area contributed by atoms with Crippen molar-refractivity contribution in [3.8, 4) is 0 Å². The van der Waals surface area contributed by atoms with Crippen LogP contribution in [0.1, 0.15) is 22.1 Å². The van der Waals surface area contributed by atoms with Crippen LogP contribution in [0.3, 0.4) is 0 Å². The van der Waals surface area contributed by atoms with Crippen LogP contribution in [-0.4, -0.2) is 32.5 Å². The maximum absolute atomic E-state index is 13.8. The number of carbonyl (C=O) groups excluding carboxylic acids is 3. The van der Waals surface area contributed by atoms with Crippen molar-refractivity contribution >= 4 is 57.9 Å². The van der Waals surface area contributed by atoms with Gasteiger partial charge in [-0.25, -0.2) is 4.90 Å². The molecule has 6 rings (SSSR count). The number of halogens is 3. The van der Waals surface area contributed by atoms with E-state index >= 15 is 0 Å². The van der Waals surface area contributed by atoms with Gasteiger partial charge in [0, 0.05) is 12.1 Å². The van der Waals surface area contributed by atoms with E-state index in [-0.39, 0.29) is 16.4 Å². The molecule has 2 unspecified atom stereocenters. The number of rotatable bonds is 6. The molecule has 2 aliphatic rings. The molecule has 2 aromatic heterocycles. The fourth-order valence-corrected chi connectivity index (χ4v) is 7.93. The summed E-state index contributed by atoms with van der Waals surface area (Å²) in [7, 11) is 0. The van der Waals surface area contributed by atoms with Crippen LogP contribution in [0.5, 0.6) is 0 Å². The average Bonchev–Trinajstić information content (AvgIpc) is 3.66. The van der Waals surface area contributed by atoms with Gasteiger partial charge in [0.25, 0.3) is 5.69 Å². The van der Waals surface area contributed by atoms with Gasteiger partial charge in [-0.05, 0) is 36.4 Å². The van der Waals surface area contributed by atoms with Gasteiger partial charge in [0.2, 0.25) is 17.7 Å². The number of anilines is 2. The number of hydrogen-bond acceptors (Lipinski definition) is 9. The number of hydrogen-bond donors (Lipinski definition) is 1. The number of thioether (sulfide) groups is 1. The predicted molar refractivity (Wildman–Crippen MR) is 148 cm³/mol. The van der Waals surface area contributed by atoms with Crippen LogP contribution in [0.25, 0.3) is 0 Å². The summed E-state index contributed by atoms with van der Waals surface area (Å²) in [6.07, 6.45) is -3.36. The van der Waals surface area contributed by atoms with Crippen molar-refractivity contribution in [3.63, 3.8) is 0 Å². The lowest BCUT2D eigenvalue weighted by Gasteiger charge is -2.29. The van der Waals surface area contributed by atoms with Crippen molar-refractivity contribution in [1.82, 2.24) is 4.57 Å². The van der Waals surface area contributed by atoms with Crippen molar-refractivity contribution in [2.45, 2.75) is 28.9 Å². The Morgan fingerprint density at radius 3 is 2.40 bits per heavy atom. The highest BCUT2D eigenvalue weighted by Gasteiger charge is 2.57. The third-order valence-corrected chi connectivity index (χ3v) is 9.63. The van der Waals surface area contributed by atoms with Gasteiger partial charge >= 0.3 is 11.0 Å². The van der Waals surface area contributed by atoms with E-state index in [4.69, 9.17) is 4.42 Å². The van der Waals surface area contributed by atoms with Gasteiger partial charge in [0.15, 0.2) is 0 Å². The zero-order valence-electron chi connectivity index (χ0n) is 21.4. The second kappa shape index (κ2) is 10.5. The minimum atomic E-state index is -4.73.